The second-order valence-corrected chi connectivity index (χ2v) is 8.26. The molecule has 1 aromatic heterocycles. The highest BCUT2D eigenvalue weighted by Gasteiger charge is 2.46. The van der Waals surface area contributed by atoms with Crippen LogP contribution in [0.4, 0.5) is 0 Å². The number of hydrogen-bond donors (Lipinski definition) is 1. The number of methoxy groups -OCH3 is 2. The number of nitrogens with zero attached hydrogens (tertiary/aromatic N) is 2. The van der Waals surface area contributed by atoms with Crippen LogP contribution < -0.4 is 9.47 Å². The predicted molar refractivity (Wildman–Crippen MR) is 134 cm³/mol. The van der Waals surface area contributed by atoms with Gasteiger partial charge in [0.25, 0.3) is 11.7 Å². The van der Waals surface area contributed by atoms with Crippen LogP contribution >= 0.6 is 0 Å². The van der Waals surface area contributed by atoms with Crippen LogP contribution in [-0.4, -0.2) is 54.1 Å². The van der Waals surface area contributed by atoms with E-state index in [-0.39, 0.29) is 17.9 Å². The summed E-state index contributed by atoms with van der Waals surface area (Å²) in [6, 6.07) is 17.4. The van der Waals surface area contributed by atoms with Crippen LogP contribution in [-0.2, 0) is 20.9 Å². The molecule has 1 fully saturated rings. The molecule has 1 N–H and O–H groups in total. The number of carbonyl (C=O) groups is 2. The monoisotopic (exact) mass is 488 g/mol. The summed E-state index contributed by atoms with van der Waals surface area (Å²) in [4.78, 5) is 31.6. The van der Waals surface area contributed by atoms with Crippen LogP contribution in [0.2, 0.25) is 0 Å². The molecular weight excluding hydrogens is 460 g/mol. The Hall–Kier alpha value is -4.17. The molecule has 8 nitrogen and oxygen atoms in total. The number of rotatable bonds is 10. The Balaban J connectivity index is 1.73. The van der Waals surface area contributed by atoms with Crippen molar-refractivity contribution in [3.8, 4) is 11.5 Å². The molecule has 0 bridgehead atoms. The summed E-state index contributed by atoms with van der Waals surface area (Å²) in [5.41, 5.74) is 2.04. The quantitative estimate of drug-likeness (QED) is 0.198. The van der Waals surface area contributed by atoms with Crippen LogP contribution in [0.1, 0.15) is 29.2 Å². The zero-order valence-corrected chi connectivity index (χ0v) is 20.2. The van der Waals surface area contributed by atoms with E-state index in [1.807, 2.05) is 30.3 Å². The van der Waals surface area contributed by atoms with Crippen molar-refractivity contribution in [1.82, 2.24) is 9.88 Å². The van der Waals surface area contributed by atoms with E-state index >= 15 is 0 Å². The number of ketones is 1. The molecule has 4 rings (SSSR count). The summed E-state index contributed by atoms with van der Waals surface area (Å²) in [6.07, 6.45) is 3.56. The molecule has 1 atom stereocenters. The Kier molecular flexibility index (Phi) is 7.97. The Morgan fingerprint density at radius 3 is 2.44 bits per heavy atom. The second kappa shape index (κ2) is 11.5. The van der Waals surface area contributed by atoms with Crippen molar-refractivity contribution >= 4 is 17.4 Å². The number of pyridine rings is 1. The lowest BCUT2D eigenvalue weighted by Crippen LogP contribution is -2.31. The van der Waals surface area contributed by atoms with Crippen LogP contribution in [0.3, 0.4) is 0 Å². The molecule has 3 aromatic rings. The molecule has 2 aromatic carbocycles. The van der Waals surface area contributed by atoms with E-state index in [0.717, 1.165) is 5.56 Å². The lowest BCUT2D eigenvalue weighted by Gasteiger charge is -2.26. The van der Waals surface area contributed by atoms with Crippen molar-refractivity contribution in [3.05, 3.63) is 95.3 Å². The Bertz CT molecular complexity index is 1240. The van der Waals surface area contributed by atoms with Crippen molar-refractivity contribution in [2.75, 3.05) is 27.4 Å². The molecule has 36 heavy (non-hydrogen) atoms. The molecule has 1 unspecified atom stereocenters. The first-order valence-electron chi connectivity index (χ1n) is 11.6. The van der Waals surface area contributed by atoms with Gasteiger partial charge < -0.3 is 24.2 Å². The first kappa shape index (κ1) is 24.9. The van der Waals surface area contributed by atoms with Gasteiger partial charge in [-0.3, -0.25) is 14.6 Å². The van der Waals surface area contributed by atoms with Gasteiger partial charge in [0, 0.05) is 38.2 Å². The average Bonchev–Trinajstić information content (AvgIpc) is 3.17. The van der Waals surface area contributed by atoms with Gasteiger partial charge in [0.1, 0.15) is 12.4 Å². The number of Topliss-reactive ketones (excluding diaryl/α,β-unsaturated/α-hetero) is 1. The third-order valence-electron chi connectivity index (χ3n) is 5.98. The van der Waals surface area contributed by atoms with E-state index in [4.69, 9.17) is 14.2 Å². The van der Waals surface area contributed by atoms with Gasteiger partial charge in [-0.15, -0.1) is 0 Å². The zero-order chi connectivity index (χ0) is 25.5. The smallest absolute Gasteiger partial charge is 0.295 e. The first-order valence-corrected chi connectivity index (χ1v) is 11.6. The first-order chi connectivity index (χ1) is 17.5. The lowest BCUT2D eigenvalue weighted by molar-refractivity contribution is -0.140. The maximum atomic E-state index is 13.1. The van der Waals surface area contributed by atoms with Gasteiger partial charge in [0.15, 0.2) is 11.5 Å². The number of likely N-dealkylation sites (tertiary alicyclic amines) is 1. The standard InChI is InChI=1S/C28H28N2O6/c1-34-16-6-15-30-25(24(27(32)28(30)33)26(31)20-11-13-29-14-12-20)21-9-10-22(23(17-21)35-2)36-18-19-7-4-3-5-8-19/h3-5,7-14,17,25,31H,6,15-16,18H2,1-2H3/b26-24+. The van der Waals surface area contributed by atoms with Crippen molar-refractivity contribution in [2.45, 2.75) is 19.1 Å². The molecule has 1 aliphatic heterocycles. The number of aliphatic hydroxyl groups excluding tert-OH is 1. The highest BCUT2D eigenvalue weighted by molar-refractivity contribution is 6.46. The van der Waals surface area contributed by atoms with E-state index in [2.05, 4.69) is 4.98 Å². The number of amides is 1. The molecule has 1 saturated heterocycles. The molecule has 0 spiro atoms. The molecule has 0 saturated carbocycles. The number of carbonyl (C=O) groups excluding carboxylic acids is 2. The van der Waals surface area contributed by atoms with Gasteiger partial charge in [0.05, 0.1) is 18.7 Å². The summed E-state index contributed by atoms with van der Waals surface area (Å²) in [6.45, 7) is 1.06. The fraction of sp³-hybridized carbons (Fsp3) is 0.250. The number of aromatic nitrogens is 1. The lowest BCUT2D eigenvalue weighted by atomic mass is 9.95. The third kappa shape index (κ3) is 5.23. The van der Waals surface area contributed by atoms with E-state index in [9.17, 15) is 14.7 Å². The summed E-state index contributed by atoms with van der Waals surface area (Å²) < 4.78 is 16.7. The van der Waals surface area contributed by atoms with Crippen LogP contribution in [0.5, 0.6) is 11.5 Å². The minimum atomic E-state index is -0.799. The minimum Gasteiger partial charge on any atom is -0.507 e. The van der Waals surface area contributed by atoms with E-state index in [0.29, 0.717) is 42.3 Å². The summed E-state index contributed by atoms with van der Waals surface area (Å²) in [7, 11) is 3.11. The zero-order valence-electron chi connectivity index (χ0n) is 20.2. The maximum absolute atomic E-state index is 13.1. The van der Waals surface area contributed by atoms with E-state index in [1.54, 1.807) is 37.4 Å². The van der Waals surface area contributed by atoms with E-state index < -0.39 is 17.7 Å². The minimum absolute atomic E-state index is 0.0172. The third-order valence-corrected chi connectivity index (χ3v) is 5.98. The fourth-order valence-electron chi connectivity index (χ4n) is 4.21. The Morgan fingerprint density at radius 1 is 1.00 bits per heavy atom. The van der Waals surface area contributed by atoms with Crippen molar-refractivity contribution in [2.24, 2.45) is 0 Å². The number of hydrogen-bond acceptors (Lipinski definition) is 7. The number of ether oxygens (including phenoxy) is 3. The largest absolute Gasteiger partial charge is 0.507 e. The molecule has 2 heterocycles. The van der Waals surface area contributed by atoms with Gasteiger partial charge >= 0.3 is 0 Å². The summed E-state index contributed by atoms with van der Waals surface area (Å²) in [5, 5.41) is 11.1. The Labute approximate surface area is 209 Å². The maximum Gasteiger partial charge on any atom is 0.295 e. The molecule has 8 heteroatoms. The topological polar surface area (TPSA) is 98.2 Å². The van der Waals surface area contributed by atoms with Crippen LogP contribution in [0.15, 0.2) is 78.6 Å². The molecule has 1 amide bonds. The average molecular weight is 489 g/mol. The Morgan fingerprint density at radius 2 is 1.75 bits per heavy atom. The molecular formula is C28H28N2O6. The molecule has 0 radical (unpaired) electrons. The second-order valence-electron chi connectivity index (χ2n) is 8.26. The number of aliphatic hydroxyl groups is 1. The normalized spacial score (nSPS) is 16.8. The molecule has 186 valence electrons. The summed E-state index contributed by atoms with van der Waals surface area (Å²) >= 11 is 0. The van der Waals surface area contributed by atoms with Crippen molar-refractivity contribution in [1.29, 1.82) is 0 Å². The highest BCUT2D eigenvalue weighted by Crippen LogP contribution is 2.42. The molecule has 1 aliphatic rings. The van der Waals surface area contributed by atoms with Gasteiger partial charge in [-0.1, -0.05) is 36.4 Å². The van der Waals surface area contributed by atoms with Gasteiger partial charge in [-0.2, -0.15) is 0 Å². The fourth-order valence-corrected chi connectivity index (χ4v) is 4.21. The van der Waals surface area contributed by atoms with Crippen LogP contribution in [0.25, 0.3) is 5.76 Å². The van der Waals surface area contributed by atoms with Crippen molar-refractivity contribution in [3.63, 3.8) is 0 Å². The summed E-state index contributed by atoms with van der Waals surface area (Å²) in [5.74, 6) is -0.686. The predicted octanol–water partition coefficient (Wildman–Crippen LogP) is 4.13. The highest BCUT2D eigenvalue weighted by atomic mass is 16.5. The van der Waals surface area contributed by atoms with Gasteiger partial charge in [-0.25, -0.2) is 0 Å². The van der Waals surface area contributed by atoms with Crippen LogP contribution in [0, 0.1) is 0 Å². The van der Waals surface area contributed by atoms with Crippen molar-refractivity contribution < 1.29 is 28.9 Å². The SMILES string of the molecule is COCCCN1C(=O)C(=O)/C(=C(/O)c2ccncc2)C1c1ccc(OCc2ccccc2)c(OC)c1. The van der Waals surface area contributed by atoms with E-state index in [1.165, 1.54) is 24.4 Å². The number of benzene rings is 2. The molecule has 0 aliphatic carbocycles. The van der Waals surface area contributed by atoms with Gasteiger partial charge in [0.2, 0.25) is 0 Å². The van der Waals surface area contributed by atoms with Gasteiger partial charge in [-0.05, 0) is 41.8 Å².